The molecule has 1 aromatic carbocycles. The van der Waals surface area contributed by atoms with Gasteiger partial charge in [-0.3, -0.25) is 4.68 Å². The summed E-state index contributed by atoms with van der Waals surface area (Å²) in [5, 5.41) is 10.5. The van der Waals surface area contributed by atoms with Crippen molar-refractivity contribution >= 4 is 11.3 Å². The Labute approximate surface area is 139 Å². The second kappa shape index (κ2) is 6.18. The van der Waals surface area contributed by atoms with Crippen LogP contribution in [0.15, 0.2) is 41.8 Å². The second-order valence-electron chi connectivity index (χ2n) is 5.68. The summed E-state index contributed by atoms with van der Waals surface area (Å²) in [6.45, 7) is 2.73. The lowest BCUT2D eigenvalue weighted by Crippen LogP contribution is -2.25. The molecule has 4 rings (SSSR count). The number of rotatable bonds is 4. The monoisotopic (exact) mass is 325 g/mol. The quantitative estimate of drug-likeness (QED) is 0.800. The van der Waals surface area contributed by atoms with Crippen LogP contribution in [0.1, 0.15) is 16.8 Å². The van der Waals surface area contributed by atoms with Gasteiger partial charge in [0, 0.05) is 30.8 Å². The van der Waals surface area contributed by atoms with Crippen molar-refractivity contribution in [2.45, 2.75) is 19.5 Å². The molecule has 0 bridgehead atoms. The first-order chi connectivity index (χ1) is 11.3. The number of fused-ring (bicyclic) bond motifs is 1. The average Bonchev–Trinajstić information content (AvgIpc) is 3.24. The number of ether oxygens (including phenoxy) is 1. The standard InChI is InChI=1S/C18H19N3OS/c1-22-14-6-4-13(5-7-14)12-21-16-8-9-19-11-15(16)18(20-21)17-3-2-10-23-17/h2-7,10,19H,8-9,11-12H2,1H3. The number of hydrogen-bond donors (Lipinski definition) is 1. The van der Waals surface area contributed by atoms with E-state index in [0.717, 1.165) is 37.5 Å². The lowest BCUT2D eigenvalue weighted by Gasteiger charge is -2.15. The molecule has 3 aromatic rings. The molecule has 5 heteroatoms. The van der Waals surface area contributed by atoms with Gasteiger partial charge in [-0.2, -0.15) is 5.10 Å². The fraction of sp³-hybridized carbons (Fsp3) is 0.278. The predicted octanol–water partition coefficient (Wildman–Crippen LogP) is 3.31. The van der Waals surface area contributed by atoms with Gasteiger partial charge in [0.1, 0.15) is 11.4 Å². The zero-order chi connectivity index (χ0) is 15.6. The molecule has 0 aliphatic carbocycles. The molecule has 0 saturated heterocycles. The minimum Gasteiger partial charge on any atom is -0.497 e. The minimum atomic E-state index is 0.803. The van der Waals surface area contributed by atoms with Gasteiger partial charge in [0.05, 0.1) is 18.5 Å². The SMILES string of the molecule is COc1ccc(Cn2nc(-c3cccs3)c3c2CCNC3)cc1. The van der Waals surface area contributed by atoms with Gasteiger partial charge in [0.25, 0.3) is 0 Å². The molecule has 1 aliphatic heterocycles. The van der Waals surface area contributed by atoms with E-state index in [1.165, 1.54) is 21.7 Å². The molecule has 0 spiro atoms. The van der Waals surface area contributed by atoms with Gasteiger partial charge in [-0.25, -0.2) is 0 Å². The third kappa shape index (κ3) is 2.78. The number of nitrogens with one attached hydrogen (secondary N) is 1. The Balaban J connectivity index is 1.70. The highest BCUT2D eigenvalue weighted by atomic mass is 32.1. The number of aromatic nitrogens is 2. The summed E-state index contributed by atoms with van der Waals surface area (Å²) in [4.78, 5) is 1.25. The Morgan fingerprint density at radius 3 is 2.87 bits per heavy atom. The van der Waals surface area contributed by atoms with Gasteiger partial charge in [-0.1, -0.05) is 18.2 Å². The predicted molar refractivity (Wildman–Crippen MR) is 93.0 cm³/mol. The van der Waals surface area contributed by atoms with Crippen molar-refractivity contribution in [2.24, 2.45) is 0 Å². The first kappa shape index (κ1) is 14.5. The van der Waals surface area contributed by atoms with E-state index in [1.54, 1.807) is 18.4 Å². The lowest BCUT2D eigenvalue weighted by molar-refractivity contribution is 0.414. The Hall–Kier alpha value is -2.11. The zero-order valence-corrected chi connectivity index (χ0v) is 13.9. The van der Waals surface area contributed by atoms with E-state index in [4.69, 9.17) is 9.84 Å². The molecule has 0 amide bonds. The van der Waals surface area contributed by atoms with Crippen LogP contribution in [-0.2, 0) is 19.5 Å². The van der Waals surface area contributed by atoms with Crippen LogP contribution in [0, 0.1) is 0 Å². The van der Waals surface area contributed by atoms with E-state index >= 15 is 0 Å². The number of benzene rings is 1. The fourth-order valence-corrected chi connectivity index (χ4v) is 3.80. The van der Waals surface area contributed by atoms with Crippen molar-refractivity contribution in [3.05, 3.63) is 58.6 Å². The molecule has 1 N–H and O–H groups in total. The third-order valence-electron chi connectivity index (χ3n) is 4.25. The van der Waals surface area contributed by atoms with E-state index in [0.29, 0.717) is 0 Å². The number of nitrogens with zero attached hydrogens (tertiary/aromatic N) is 2. The van der Waals surface area contributed by atoms with Crippen LogP contribution >= 0.6 is 11.3 Å². The van der Waals surface area contributed by atoms with E-state index in [-0.39, 0.29) is 0 Å². The maximum Gasteiger partial charge on any atom is 0.118 e. The fourth-order valence-electron chi connectivity index (χ4n) is 3.07. The van der Waals surface area contributed by atoms with E-state index in [1.807, 2.05) is 12.1 Å². The summed E-state index contributed by atoms with van der Waals surface area (Å²) >= 11 is 1.75. The van der Waals surface area contributed by atoms with E-state index in [2.05, 4.69) is 39.6 Å². The smallest absolute Gasteiger partial charge is 0.118 e. The second-order valence-corrected chi connectivity index (χ2v) is 6.63. The van der Waals surface area contributed by atoms with Crippen LogP contribution in [0.2, 0.25) is 0 Å². The summed E-state index contributed by atoms with van der Waals surface area (Å²) in [6.07, 6.45) is 1.03. The molecule has 23 heavy (non-hydrogen) atoms. The first-order valence-electron chi connectivity index (χ1n) is 7.81. The lowest BCUT2D eigenvalue weighted by atomic mass is 10.1. The molecular formula is C18H19N3OS. The Bertz CT molecular complexity index is 791. The van der Waals surface area contributed by atoms with Crippen LogP contribution in [0.4, 0.5) is 0 Å². The summed E-state index contributed by atoms with van der Waals surface area (Å²) in [5.41, 5.74) is 5.10. The van der Waals surface area contributed by atoms with Gasteiger partial charge in [0.2, 0.25) is 0 Å². The Morgan fingerprint density at radius 1 is 1.26 bits per heavy atom. The van der Waals surface area contributed by atoms with Crippen molar-refractivity contribution in [2.75, 3.05) is 13.7 Å². The minimum absolute atomic E-state index is 0.803. The van der Waals surface area contributed by atoms with E-state index < -0.39 is 0 Å². The molecule has 2 aromatic heterocycles. The largest absolute Gasteiger partial charge is 0.497 e. The van der Waals surface area contributed by atoms with Crippen molar-refractivity contribution in [1.82, 2.24) is 15.1 Å². The molecule has 0 atom stereocenters. The Kier molecular flexibility index (Phi) is 3.89. The summed E-state index contributed by atoms with van der Waals surface area (Å²) in [7, 11) is 1.69. The van der Waals surface area contributed by atoms with Gasteiger partial charge in [-0.05, 0) is 29.1 Å². The number of methoxy groups -OCH3 is 1. The highest BCUT2D eigenvalue weighted by molar-refractivity contribution is 7.13. The van der Waals surface area contributed by atoms with Gasteiger partial charge in [-0.15, -0.1) is 11.3 Å². The van der Waals surface area contributed by atoms with E-state index in [9.17, 15) is 0 Å². The van der Waals surface area contributed by atoms with Crippen LogP contribution in [0.25, 0.3) is 10.6 Å². The first-order valence-corrected chi connectivity index (χ1v) is 8.69. The molecule has 0 saturated carbocycles. The maximum atomic E-state index is 5.23. The highest BCUT2D eigenvalue weighted by Gasteiger charge is 2.22. The number of thiophene rings is 1. The van der Waals surface area contributed by atoms with Crippen LogP contribution in [0.5, 0.6) is 5.75 Å². The van der Waals surface area contributed by atoms with Gasteiger partial charge in [0.15, 0.2) is 0 Å². The molecule has 0 radical (unpaired) electrons. The highest BCUT2D eigenvalue weighted by Crippen LogP contribution is 2.31. The molecule has 4 nitrogen and oxygen atoms in total. The topological polar surface area (TPSA) is 39.1 Å². The molecule has 0 unspecified atom stereocenters. The van der Waals surface area contributed by atoms with Crippen molar-refractivity contribution in [3.63, 3.8) is 0 Å². The van der Waals surface area contributed by atoms with Crippen molar-refractivity contribution in [1.29, 1.82) is 0 Å². The zero-order valence-electron chi connectivity index (χ0n) is 13.1. The average molecular weight is 325 g/mol. The van der Waals surface area contributed by atoms with Gasteiger partial charge >= 0.3 is 0 Å². The molecular weight excluding hydrogens is 306 g/mol. The molecule has 3 heterocycles. The van der Waals surface area contributed by atoms with Crippen LogP contribution in [0.3, 0.4) is 0 Å². The Morgan fingerprint density at radius 2 is 2.13 bits per heavy atom. The van der Waals surface area contributed by atoms with Crippen molar-refractivity contribution < 1.29 is 4.74 Å². The number of hydrogen-bond acceptors (Lipinski definition) is 4. The van der Waals surface area contributed by atoms with Crippen LogP contribution in [-0.4, -0.2) is 23.4 Å². The molecule has 118 valence electrons. The molecule has 1 aliphatic rings. The van der Waals surface area contributed by atoms with Crippen LogP contribution < -0.4 is 10.1 Å². The summed E-state index contributed by atoms with van der Waals surface area (Å²) in [5.74, 6) is 0.889. The maximum absolute atomic E-state index is 5.23. The molecule has 0 fully saturated rings. The third-order valence-corrected chi connectivity index (χ3v) is 5.13. The normalized spacial score (nSPS) is 13.8. The summed E-state index contributed by atoms with van der Waals surface area (Å²) in [6, 6.07) is 12.5. The van der Waals surface area contributed by atoms with Crippen molar-refractivity contribution in [3.8, 4) is 16.3 Å². The van der Waals surface area contributed by atoms with Gasteiger partial charge < -0.3 is 10.1 Å². The summed E-state index contributed by atoms with van der Waals surface area (Å²) < 4.78 is 7.41.